The molecule has 1 aliphatic carbocycles. The van der Waals surface area contributed by atoms with Gasteiger partial charge in [-0.15, -0.1) is 0 Å². The predicted molar refractivity (Wildman–Crippen MR) is 55.8 cm³/mol. The number of rotatable bonds is 1. The molecule has 1 aromatic heterocycles. The molecule has 14 heavy (non-hydrogen) atoms. The van der Waals surface area contributed by atoms with Crippen LogP contribution in [0.4, 0.5) is 0 Å². The number of hydrogen-bond acceptors (Lipinski definition) is 2. The average Bonchev–Trinajstić information content (AvgIpc) is 2.54. The molecule has 3 heteroatoms. The summed E-state index contributed by atoms with van der Waals surface area (Å²) in [5, 5.41) is 10.5. The molecule has 0 bridgehead atoms. The van der Waals surface area contributed by atoms with Gasteiger partial charge in [-0.25, -0.2) is 0 Å². The van der Waals surface area contributed by atoms with Gasteiger partial charge in [0.05, 0.1) is 0 Å². The highest BCUT2D eigenvalue weighted by atomic mass is 16.3. The second kappa shape index (κ2) is 3.11. The molecule has 0 spiro atoms. The molecule has 2 rings (SSSR count). The maximum atomic E-state index is 10.5. The minimum absolute atomic E-state index is 0.252. The van der Waals surface area contributed by atoms with Crippen molar-refractivity contribution in [1.82, 2.24) is 4.57 Å². The molecule has 1 heterocycles. The first kappa shape index (κ1) is 9.74. The summed E-state index contributed by atoms with van der Waals surface area (Å²) in [7, 11) is 1.99. The van der Waals surface area contributed by atoms with Crippen LogP contribution in [0.25, 0.3) is 0 Å². The largest absolute Gasteiger partial charge is 0.383 e. The average molecular weight is 194 g/mol. The van der Waals surface area contributed by atoms with Crippen molar-refractivity contribution >= 4 is 0 Å². The fourth-order valence-electron chi connectivity index (χ4n) is 2.42. The zero-order valence-electron chi connectivity index (χ0n) is 8.83. The van der Waals surface area contributed by atoms with Gasteiger partial charge >= 0.3 is 0 Å². The Bertz CT molecular complexity index is 345. The van der Waals surface area contributed by atoms with Crippen LogP contribution in [0.3, 0.4) is 0 Å². The molecule has 0 amide bonds. The molecule has 78 valence electrons. The molecule has 1 aliphatic rings. The summed E-state index contributed by atoms with van der Waals surface area (Å²) in [4.78, 5) is 0. The fourth-order valence-corrected chi connectivity index (χ4v) is 2.42. The van der Waals surface area contributed by atoms with E-state index < -0.39 is 5.60 Å². The van der Waals surface area contributed by atoms with E-state index in [2.05, 4.69) is 13.1 Å². The van der Waals surface area contributed by atoms with E-state index in [9.17, 15) is 5.11 Å². The summed E-state index contributed by atoms with van der Waals surface area (Å²) in [6.07, 6.45) is 6.16. The number of aliphatic hydroxyl groups is 1. The summed E-state index contributed by atoms with van der Waals surface area (Å²) in [6, 6.07) is 0. The Kier molecular flexibility index (Phi) is 2.16. The lowest BCUT2D eigenvalue weighted by Crippen LogP contribution is -2.43. The Labute approximate surface area is 84.5 Å². The normalized spacial score (nSPS) is 31.6. The second-order valence-corrected chi connectivity index (χ2v) is 4.43. The summed E-state index contributed by atoms with van der Waals surface area (Å²) in [5.41, 5.74) is 7.16. The highest BCUT2D eigenvalue weighted by molar-refractivity contribution is 5.34. The minimum Gasteiger partial charge on any atom is -0.383 e. The Morgan fingerprint density at radius 2 is 2.36 bits per heavy atom. The van der Waals surface area contributed by atoms with Gasteiger partial charge in [0.2, 0.25) is 0 Å². The van der Waals surface area contributed by atoms with Crippen molar-refractivity contribution in [3.05, 3.63) is 23.5 Å². The summed E-state index contributed by atoms with van der Waals surface area (Å²) in [6.45, 7) is 2.38. The zero-order chi connectivity index (χ0) is 10.3. The third kappa shape index (κ3) is 1.20. The quantitative estimate of drug-likeness (QED) is 0.693. The number of nitrogens with two attached hydrogens (primary N) is 1. The zero-order valence-corrected chi connectivity index (χ0v) is 8.83. The molecule has 0 aromatic carbocycles. The number of aromatic nitrogens is 1. The molecule has 0 saturated carbocycles. The molecule has 3 nitrogen and oxygen atoms in total. The van der Waals surface area contributed by atoms with Crippen LogP contribution in [0.5, 0.6) is 0 Å². The van der Waals surface area contributed by atoms with Crippen molar-refractivity contribution in [1.29, 1.82) is 0 Å². The van der Waals surface area contributed by atoms with Crippen LogP contribution in [0.1, 0.15) is 24.5 Å². The smallest absolute Gasteiger partial charge is 0.106 e. The molecule has 0 fully saturated rings. The standard InChI is InChI=1S/C11H18N2O/c1-8-3-4-9-5-13(2)6-10(9)11(8,14)7-12/h5-6,8,14H,3-4,7,12H2,1-2H3. The van der Waals surface area contributed by atoms with Crippen molar-refractivity contribution < 1.29 is 5.11 Å². The lowest BCUT2D eigenvalue weighted by atomic mass is 9.74. The Hall–Kier alpha value is -0.800. The van der Waals surface area contributed by atoms with Gasteiger partial charge in [-0.05, 0) is 24.3 Å². The van der Waals surface area contributed by atoms with Crippen LogP contribution in [0, 0.1) is 5.92 Å². The first-order chi connectivity index (χ1) is 6.58. The lowest BCUT2D eigenvalue weighted by molar-refractivity contribution is -0.0187. The first-order valence-electron chi connectivity index (χ1n) is 5.15. The molecule has 3 N–H and O–H groups in total. The van der Waals surface area contributed by atoms with Crippen LogP contribution in [-0.4, -0.2) is 16.2 Å². The molecule has 2 atom stereocenters. The number of nitrogens with zero attached hydrogens (tertiary/aromatic N) is 1. The van der Waals surface area contributed by atoms with Crippen molar-refractivity contribution in [3.63, 3.8) is 0 Å². The first-order valence-corrected chi connectivity index (χ1v) is 5.15. The van der Waals surface area contributed by atoms with Gasteiger partial charge in [0.25, 0.3) is 0 Å². The summed E-state index contributed by atoms with van der Waals surface area (Å²) >= 11 is 0. The molecule has 0 saturated heterocycles. The van der Waals surface area contributed by atoms with Gasteiger partial charge in [-0.3, -0.25) is 0 Å². The number of fused-ring (bicyclic) bond motifs is 1. The van der Waals surface area contributed by atoms with Crippen molar-refractivity contribution in [2.24, 2.45) is 18.7 Å². The van der Waals surface area contributed by atoms with Gasteiger partial charge in [0.1, 0.15) is 5.60 Å². The molecule has 1 aromatic rings. The molecule has 0 aliphatic heterocycles. The van der Waals surface area contributed by atoms with Crippen molar-refractivity contribution in [2.45, 2.75) is 25.4 Å². The van der Waals surface area contributed by atoms with E-state index in [1.165, 1.54) is 5.56 Å². The SMILES string of the molecule is CC1CCc2cn(C)cc2C1(O)CN. The van der Waals surface area contributed by atoms with E-state index in [0.717, 1.165) is 18.4 Å². The Morgan fingerprint density at radius 1 is 1.64 bits per heavy atom. The van der Waals surface area contributed by atoms with Crippen LogP contribution in [0.2, 0.25) is 0 Å². The van der Waals surface area contributed by atoms with Crippen molar-refractivity contribution in [2.75, 3.05) is 6.54 Å². The van der Waals surface area contributed by atoms with Gasteiger partial charge in [-0.1, -0.05) is 6.92 Å². The third-order valence-electron chi connectivity index (χ3n) is 3.48. The van der Waals surface area contributed by atoms with Crippen LogP contribution >= 0.6 is 0 Å². The third-order valence-corrected chi connectivity index (χ3v) is 3.48. The molecule has 0 radical (unpaired) electrons. The van der Waals surface area contributed by atoms with E-state index in [-0.39, 0.29) is 5.92 Å². The van der Waals surface area contributed by atoms with E-state index in [0.29, 0.717) is 6.54 Å². The molecule has 2 unspecified atom stereocenters. The highest BCUT2D eigenvalue weighted by Crippen LogP contribution is 2.39. The molecular weight excluding hydrogens is 176 g/mol. The molecular formula is C11H18N2O. The van der Waals surface area contributed by atoms with E-state index in [1.807, 2.05) is 17.8 Å². The maximum Gasteiger partial charge on any atom is 0.106 e. The van der Waals surface area contributed by atoms with Crippen molar-refractivity contribution in [3.8, 4) is 0 Å². The second-order valence-electron chi connectivity index (χ2n) is 4.43. The monoisotopic (exact) mass is 194 g/mol. The summed E-state index contributed by atoms with van der Waals surface area (Å²) in [5.74, 6) is 0.252. The van der Waals surface area contributed by atoms with Crippen LogP contribution < -0.4 is 5.73 Å². The predicted octanol–water partition coefficient (Wildman–Crippen LogP) is 0.754. The van der Waals surface area contributed by atoms with E-state index in [1.54, 1.807) is 0 Å². The van der Waals surface area contributed by atoms with Crippen LogP contribution in [-0.2, 0) is 19.1 Å². The number of aryl methyl sites for hydroxylation is 2. The van der Waals surface area contributed by atoms with Gasteiger partial charge in [0, 0.05) is 31.5 Å². The Balaban J connectivity index is 2.51. The lowest BCUT2D eigenvalue weighted by Gasteiger charge is -2.37. The maximum absolute atomic E-state index is 10.5. The fraction of sp³-hybridized carbons (Fsp3) is 0.636. The van der Waals surface area contributed by atoms with E-state index in [4.69, 9.17) is 5.73 Å². The minimum atomic E-state index is -0.811. The van der Waals surface area contributed by atoms with Gasteiger partial charge in [0.15, 0.2) is 0 Å². The van der Waals surface area contributed by atoms with E-state index >= 15 is 0 Å². The highest BCUT2D eigenvalue weighted by Gasteiger charge is 2.39. The van der Waals surface area contributed by atoms with Crippen LogP contribution in [0.15, 0.2) is 12.4 Å². The number of hydrogen-bond donors (Lipinski definition) is 2. The topological polar surface area (TPSA) is 51.2 Å². The van der Waals surface area contributed by atoms with Gasteiger partial charge in [-0.2, -0.15) is 0 Å². The summed E-state index contributed by atoms with van der Waals surface area (Å²) < 4.78 is 2.00. The van der Waals surface area contributed by atoms with Gasteiger partial charge < -0.3 is 15.4 Å². The Morgan fingerprint density at radius 3 is 3.00 bits per heavy atom.